The van der Waals surface area contributed by atoms with Crippen LogP contribution >= 0.6 is 0 Å². The summed E-state index contributed by atoms with van der Waals surface area (Å²) in [6, 6.07) is 6.89. The Morgan fingerprint density at radius 1 is 1.11 bits per heavy atom. The van der Waals surface area contributed by atoms with Gasteiger partial charge in [-0.3, -0.25) is 9.69 Å². The molecule has 0 bridgehead atoms. The number of amides is 1. The Labute approximate surface area is 163 Å². The highest BCUT2D eigenvalue weighted by Crippen LogP contribution is 2.23. The summed E-state index contributed by atoms with van der Waals surface area (Å²) >= 11 is 0. The zero-order valence-electron chi connectivity index (χ0n) is 16.8. The van der Waals surface area contributed by atoms with E-state index in [2.05, 4.69) is 29.0 Å². The number of hydrogen-bond donors (Lipinski definition) is 1. The Hall–Kier alpha value is -1.46. The monoisotopic (exact) mass is 375 g/mol. The SMILES string of the molecule is CC(C)C(NC(=O)CN1CCCC1CN1CCCCC1)c1ccc(F)cc1. The van der Waals surface area contributed by atoms with Gasteiger partial charge >= 0.3 is 0 Å². The summed E-state index contributed by atoms with van der Waals surface area (Å²) in [5, 5.41) is 3.19. The summed E-state index contributed by atoms with van der Waals surface area (Å²) in [4.78, 5) is 17.7. The summed E-state index contributed by atoms with van der Waals surface area (Å²) in [7, 11) is 0. The molecule has 2 aliphatic heterocycles. The molecule has 1 aromatic rings. The van der Waals surface area contributed by atoms with Crippen molar-refractivity contribution in [2.45, 2.75) is 58.0 Å². The lowest BCUT2D eigenvalue weighted by Crippen LogP contribution is -2.46. The summed E-state index contributed by atoms with van der Waals surface area (Å²) in [6.45, 7) is 9.15. The highest BCUT2D eigenvalue weighted by atomic mass is 19.1. The molecule has 1 aromatic carbocycles. The molecule has 2 aliphatic rings. The minimum Gasteiger partial charge on any atom is -0.348 e. The first-order valence-corrected chi connectivity index (χ1v) is 10.5. The van der Waals surface area contributed by atoms with E-state index in [9.17, 15) is 9.18 Å². The van der Waals surface area contributed by atoms with Crippen molar-refractivity contribution >= 4 is 5.91 Å². The Morgan fingerprint density at radius 3 is 2.48 bits per heavy atom. The zero-order valence-corrected chi connectivity index (χ0v) is 16.8. The molecule has 0 radical (unpaired) electrons. The standard InChI is InChI=1S/C22H34FN3O/c1-17(2)22(18-8-10-19(23)11-9-18)24-21(27)16-26-14-6-7-20(26)15-25-12-4-3-5-13-25/h8-11,17,20,22H,3-7,12-16H2,1-2H3,(H,24,27). The molecule has 2 fully saturated rings. The van der Waals surface area contributed by atoms with E-state index >= 15 is 0 Å². The van der Waals surface area contributed by atoms with Gasteiger partial charge in [-0.05, 0) is 68.9 Å². The van der Waals surface area contributed by atoms with Crippen molar-refractivity contribution in [2.24, 2.45) is 5.92 Å². The van der Waals surface area contributed by atoms with Crippen molar-refractivity contribution in [3.05, 3.63) is 35.6 Å². The van der Waals surface area contributed by atoms with Crippen LogP contribution in [-0.2, 0) is 4.79 Å². The van der Waals surface area contributed by atoms with E-state index in [-0.39, 0.29) is 23.7 Å². The molecule has 2 unspecified atom stereocenters. The van der Waals surface area contributed by atoms with Crippen molar-refractivity contribution < 1.29 is 9.18 Å². The van der Waals surface area contributed by atoms with Crippen molar-refractivity contribution in [2.75, 3.05) is 32.7 Å². The van der Waals surface area contributed by atoms with E-state index in [0.29, 0.717) is 12.6 Å². The average molecular weight is 376 g/mol. The Kier molecular flexibility index (Phi) is 7.25. The van der Waals surface area contributed by atoms with Gasteiger partial charge in [-0.2, -0.15) is 0 Å². The van der Waals surface area contributed by atoms with Crippen molar-refractivity contribution in [3.63, 3.8) is 0 Å². The first-order valence-electron chi connectivity index (χ1n) is 10.5. The number of nitrogens with zero attached hydrogens (tertiary/aromatic N) is 2. The van der Waals surface area contributed by atoms with Gasteiger partial charge in [0.2, 0.25) is 5.91 Å². The van der Waals surface area contributed by atoms with Gasteiger partial charge in [-0.25, -0.2) is 4.39 Å². The molecule has 2 atom stereocenters. The maximum atomic E-state index is 13.2. The van der Waals surface area contributed by atoms with Crippen LogP contribution < -0.4 is 5.32 Å². The molecule has 4 nitrogen and oxygen atoms in total. The van der Waals surface area contributed by atoms with Gasteiger partial charge in [0, 0.05) is 12.6 Å². The van der Waals surface area contributed by atoms with Crippen LogP contribution in [-0.4, -0.2) is 54.5 Å². The topological polar surface area (TPSA) is 35.6 Å². The molecule has 2 saturated heterocycles. The van der Waals surface area contributed by atoms with Gasteiger partial charge in [0.15, 0.2) is 0 Å². The van der Waals surface area contributed by atoms with Gasteiger partial charge in [0.05, 0.1) is 12.6 Å². The van der Waals surface area contributed by atoms with Gasteiger partial charge in [-0.1, -0.05) is 32.4 Å². The fourth-order valence-electron chi connectivity index (χ4n) is 4.46. The molecule has 3 rings (SSSR count). The summed E-state index contributed by atoms with van der Waals surface area (Å²) in [5.74, 6) is 0.0795. The molecule has 0 saturated carbocycles. The first kappa shape index (κ1) is 20.3. The second-order valence-electron chi connectivity index (χ2n) is 8.47. The van der Waals surface area contributed by atoms with Crippen LogP contribution in [0.5, 0.6) is 0 Å². The van der Waals surface area contributed by atoms with Crippen LogP contribution in [0.1, 0.15) is 57.6 Å². The molecular weight excluding hydrogens is 341 g/mol. The number of nitrogens with one attached hydrogen (secondary N) is 1. The lowest BCUT2D eigenvalue weighted by Gasteiger charge is -2.33. The lowest BCUT2D eigenvalue weighted by atomic mass is 9.96. The van der Waals surface area contributed by atoms with Crippen LogP contribution in [0.25, 0.3) is 0 Å². The normalized spacial score (nSPS) is 22.9. The van der Waals surface area contributed by atoms with E-state index in [1.807, 2.05) is 0 Å². The van der Waals surface area contributed by atoms with Crippen molar-refractivity contribution in [1.29, 1.82) is 0 Å². The molecule has 2 heterocycles. The van der Waals surface area contributed by atoms with Gasteiger partial charge < -0.3 is 10.2 Å². The number of rotatable bonds is 7. The van der Waals surface area contributed by atoms with Crippen LogP contribution in [0.2, 0.25) is 0 Å². The molecular formula is C22H34FN3O. The molecule has 0 spiro atoms. The fraction of sp³-hybridized carbons (Fsp3) is 0.682. The first-order chi connectivity index (χ1) is 13.0. The summed E-state index contributed by atoms with van der Waals surface area (Å²) < 4.78 is 13.2. The van der Waals surface area contributed by atoms with E-state index < -0.39 is 0 Å². The van der Waals surface area contributed by atoms with E-state index in [0.717, 1.165) is 18.7 Å². The average Bonchev–Trinajstić information content (AvgIpc) is 3.08. The van der Waals surface area contributed by atoms with E-state index in [4.69, 9.17) is 0 Å². The third-order valence-corrected chi connectivity index (χ3v) is 5.98. The second kappa shape index (κ2) is 9.65. The van der Waals surface area contributed by atoms with Gasteiger partial charge in [0.25, 0.3) is 0 Å². The number of halogens is 1. The molecule has 0 aliphatic carbocycles. The maximum absolute atomic E-state index is 13.2. The minimum atomic E-state index is -0.245. The minimum absolute atomic E-state index is 0.0727. The zero-order chi connectivity index (χ0) is 19.2. The Bertz CT molecular complexity index is 598. The van der Waals surface area contributed by atoms with Gasteiger partial charge in [0.1, 0.15) is 5.82 Å². The van der Waals surface area contributed by atoms with E-state index in [1.54, 1.807) is 12.1 Å². The predicted molar refractivity (Wildman–Crippen MR) is 107 cm³/mol. The third kappa shape index (κ3) is 5.76. The predicted octanol–water partition coefficient (Wildman–Crippen LogP) is 3.59. The number of hydrogen-bond acceptors (Lipinski definition) is 3. The quantitative estimate of drug-likeness (QED) is 0.791. The maximum Gasteiger partial charge on any atom is 0.234 e. The number of benzene rings is 1. The molecule has 150 valence electrons. The fourth-order valence-corrected chi connectivity index (χ4v) is 4.46. The number of piperidine rings is 1. The van der Waals surface area contributed by atoms with Crippen LogP contribution in [0.15, 0.2) is 24.3 Å². The van der Waals surface area contributed by atoms with Crippen LogP contribution in [0, 0.1) is 11.7 Å². The third-order valence-electron chi connectivity index (χ3n) is 5.98. The summed E-state index contributed by atoms with van der Waals surface area (Å²) in [6.07, 6.45) is 6.34. The van der Waals surface area contributed by atoms with Crippen LogP contribution in [0.3, 0.4) is 0 Å². The molecule has 0 aromatic heterocycles. The highest BCUT2D eigenvalue weighted by molar-refractivity contribution is 5.78. The second-order valence-corrected chi connectivity index (χ2v) is 8.47. The van der Waals surface area contributed by atoms with Crippen molar-refractivity contribution in [3.8, 4) is 0 Å². The Balaban J connectivity index is 1.55. The molecule has 5 heteroatoms. The smallest absolute Gasteiger partial charge is 0.234 e. The van der Waals surface area contributed by atoms with Crippen LogP contribution in [0.4, 0.5) is 4.39 Å². The van der Waals surface area contributed by atoms with E-state index in [1.165, 1.54) is 57.3 Å². The van der Waals surface area contributed by atoms with Gasteiger partial charge in [-0.15, -0.1) is 0 Å². The molecule has 1 N–H and O–H groups in total. The highest BCUT2D eigenvalue weighted by Gasteiger charge is 2.29. The number of carbonyl (C=O) groups is 1. The lowest BCUT2D eigenvalue weighted by molar-refractivity contribution is -0.123. The Morgan fingerprint density at radius 2 is 1.81 bits per heavy atom. The number of likely N-dealkylation sites (tertiary alicyclic amines) is 2. The number of carbonyl (C=O) groups excluding carboxylic acids is 1. The molecule has 1 amide bonds. The van der Waals surface area contributed by atoms with Crippen molar-refractivity contribution in [1.82, 2.24) is 15.1 Å². The molecule has 27 heavy (non-hydrogen) atoms. The summed E-state index contributed by atoms with van der Waals surface area (Å²) in [5.41, 5.74) is 0.964. The largest absolute Gasteiger partial charge is 0.348 e.